The molecule has 3 heterocycles. The number of halogens is 2. The molecule has 50 heavy (non-hydrogen) atoms. The number of benzene rings is 2. The fourth-order valence-corrected chi connectivity index (χ4v) is 6.41. The number of hydrogen-bond donors (Lipinski definition) is 1. The number of hydrogen-bond acceptors (Lipinski definition) is 6. The Kier molecular flexibility index (Phi) is 10.8. The van der Waals surface area contributed by atoms with Crippen LogP contribution in [0.4, 0.5) is 14.6 Å². The second-order valence-electron chi connectivity index (χ2n) is 14.2. The lowest BCUT2D eigenvalue weighted by Gasteiger charge is -2.41. The number of anilines is 1. The Bertz CT molecular complexity index is 1890. The summed E-state index contributed by atoms with van der Waals surface area (Å²) in [5.74, 6) is -2.14. The van der Waals surface area contributed by atoms with Crippen molar-refractivity contribution in [2.24, 2.45) is 0 Å². The monoisotopic (exact) mass is 687 g/mol. The first-order chi connectivity index (χ1) is 23.6. The second-order valence-corrected chi connectivity index (χ2v) is 14.2. The van der Waals surface area contributed by atoms with E-state index in [1.165, 1.54) is 0 Å². The molecule has 5 rings (SSSR count). The van der Waals surface area contributed by atoms with Gasteiger partial charge in [-0.3, -0.25) is 4.40 Å². The van der Waals surface area contributed by atoms with E-state index in [2.05, 4.69) is 25.0 Å². The maximum Gasteiger partial charge on any atom is 0.337 e. The van der Waals surface area contributed by atoms with E-state index < -0.39 is 29.3 Å². The zero-order valence-electron chi connectivity index (χ0n) is 29.8. The smallest absolute Gasteiger partial charge is 0.337 e. The lowest BCUT2D eigenvalue weighted by Crippen LogP contribution is -2.45. The zero-order chi connectivity index (χ0) is 36.4. The summed E-state index contributed by atoms with van der Waals surface area (Å²) < 4.78 is 49.2. The van der Waals surface area contributed by atoms with E-state index in [0.29, 0.717) is 60.0 Å². The van der Waals surface area contributed by atoms with Crippen molar-refractivity contribution < 1.29 is 32.9 Å². The van der Waals surface area contributed by atoms with Crippen molar-refractivity contribution in [2.75, 3.05) is 24.6 Å². The Hall–Kier alpha value is -4.54. The van der Waals surface area contributed by atoms with Gasteiger partial charge in [-0.15, -0.1) is 13.2 Å². The van der Waals surface area contributed by atoms with Crippen LogP contribution in [-0.4, -0.2) is 57.5 Å². The van der Waals surface area contributed by atoms with E-state index in [1.807, 2.05) is 75.5 Å². The average Bonchev–Trinajstić information content (AvgIpc) is 3.48. The van der Waals surface area contributed by atoms with Gasteiger partial charge in [0.05, 0.1) is 29.6 Å². The summed E-state index contributed by atoms with van der Waals surface area (Å²) in [6.45, 7) is 20.5. The van der Waals surface area contributed by atoms with Crippen molar-refractivity contribution in [3.8, 4) is 28.1 Å². The number of carbonyl (C=O) groups is 1. The third kappa shape index (κ3) is 8.08. The highest BCUT2D eigenvalue weighted by atomic mass is 19.2. The molecule has 0 radical (unpaired) electrons. The molecule has 2 aromatic carbocycles. The van der Waals surface area contributed by atoms with Gasteiger partial charge in [0.15, 0.2) is 17.7 Å². The van der Waals surface area contributed by atoms with Gasteiger partial charge in [0.1, 0.15) is 17.2 Å². The fraction of sp³-hybridized carbons (Fsp3) is 0.400. The lowest BCUT2D eigenvalue weighted by atomic mass is 9.92. The van der Waals surface area contributed by atoms with Crippen LogP contribution in [0.5, 0.6) is 5.75 Å². The predicted molar refractivity (Wildman–Crippen MR) is 193 cm³/mol. The van der Waals surface area contributed by atoms with E-state index >= 15 is 0 Å². The number of nitrogens with zero attached hydrogens (tertiary/aromatic N) is 3. The normalized spacial score (nSPS) is 15.9. The maximum absolute atomic E-state index is 14.6. The van der Waals surface area contributed by atoms with E-state index in [9.17, 15) is 18.7 Å². The molecular weight excluding hydrogens is 640 g/mol. The number of aromatic nitrogens is 2. The van der Waals surface area contributed by atoms with Gasteiger partial charge in [0, 0.05) is 48.5 Å². The predicted octanol–water partition coefficient (Wildman–Crippen LogP) is 9.10. The first kappa shape index (κ1) is 36.7. The van der Waals surface area contributed by atoms with Crippen molar-refractivity contribution in [3.63, 3.8) is 0 Å². The summed E-state index contributed by atoms with van der Waals surface area (Å²) in [4.78, 5) is 20.0. The van der Waals surface area contributed by atoms with E-state index in [0.717, 1.165) is 36.1 Å². The van der Waals surface area contributed by atoms with Crippen LogP contribution >= 0.6 is 0 Å². The van der Waals surface area contributed by atoms with Gasteiger partial charge in [-0.2, -0.15) is 0 Å². The summed E-state index contributed by atoms with van der Waals surface area (Å²) in [6.07, 6.45) is 5.79. The van der Waals surface area contributed by atoms with Gasteiger partial charge in [-0.25, -0.2) is 18.6 Å². The molecule has 2 aromatic heterocycles. The Labute approximate surface area is 293 Å². The number of piperidine rings is 1. The molecule has 1 fully saturated rings. The highest BCUT2D eigenvalue weighted by Crippen LogP contribution is 2.40. The number of aliphatic carboxylic acids is 1. The number of rotatable bonds is 13. The van der Waals surface area contributed by atoms with Gasteiger partial charge >= 0.3 is 5.97 Å². The summed E-state index contributed by atoms with van der Waals surface area (Å²) >= 11 is 0. The van der Waals surface area contributed by atoms with Gasteiger partial charge in [-0.1, -0.05) is 30.4 Å². The average molecular weight is 688 g/mol. The molecule has 10 heteroatoms. The Morgan fingerprint density at radius 1 is 1.08 bits per heavy atom. The van der Waals surface area contributed by atoms with Crippen LogP contribution in [0.15, 0.2) is 74.0 Å². The minimum absolute atomic E-state index is 0.223. The molecule has 1 aliphatic rings. The largest absolute Gasteiger partial charge is 0.490 e. The van der Waals surface area contributed by atoms with Crippen molar-refractivity contribution in [1.29, 1.82) is 0 Å². The topological polar surface area (TPSA) is 85.5 Å². The van der Waals surface area contributed by atoms with E-state index in [4.69, 9.17) is 19.2 Å². The number of carboxylic acid groups (broad SMARTS) is 1. The quantitative estimate of drug-likeness (QED) is 0.140. The van der Waals surface area contributed by atoms with Gasteiger partial charge in [0.2, 0.25) is 0 Å². The summed E-state index contributed by atoms with van der Waals surface area (Å²) in [5, 5.41) is 10.5. The van der Waals surface area contributed by atoms with Crippen LogP contribution in [0, 0.1) is 18.6 Å². The molecule has 266 valence electrons. The molecule has 4 aromatic rings. The van der Waals surface area contributed by atoms with Gasteiger partial charge in [0.25, 0.3) is 0 Å². The number of imidazole rings is 1. The summed E-state index contributed by atoms with van der Waals surface area (Å²) in [7, 11) is 0. The van der Waals surface area contributed by atoms with Crippen molar-refractivity contribution in [1.82, 2.24) is 9.38 Å². The second kappa shape index (κ2) is 14.7. The maximum atomic E-state index is 14.6. The van der Waals surface area contributed by atoms with E-state index in [-0.39, 0.29) is 17.5 Å². The molecule has 0 unspecified atom stereocenters. The first-order valence-electron chi connectivity index (χ1n) is 16.9. The highest BCUT2D eigenvalue weighted by molar-refractivity contribution is 5.80. The van der Waals surface area contributed by atoms with Crippen molar-refractivity contribution in [3.05, 3.63) is 96.7 Å². The molecule has 0 spiro atoms. The molecular formula is C40H47F2N3O5. The SMILES string of the molecule is C=CCOC1(C)CCN(c2c([C@H](OC(C)(C)C)C(=O)O)c(C)cc3nc(-c4cccc(-c5cc(F)c(F)cc5O[C@@H](C)CC=C)c4)cn23)CC1. The summed E-state index contributed by atoms with van der Waals surface area (Å²) in [5.41, 5.74) is 3.24. The van der Waals surface area contributed by atoms with Crippen LogP contribution in [0.2, 0.25) is 0 Å². The van der Waals surface area contributed by atoms with Crippen LogP contribution in [0.3, 0.4) is 0 Å². The van der Waals surface area contributed by atoms with Crippen molar-refractivity contribution >= 4 is 17.4 Å². The lowest BCUT2D eigenvalue weighted by molar-refractivity contribution is -0.160. The first-order valence-corrected chi connectivity index (χ1v) is 16.9. The number of ether oxygens (including phenoxy) is 3. The molecule has 0 saturated carbocycles. The molecule has 8 nitrogen and oxygen atoms in total. The molecule has 0 aliphatic carbocycles. The van der Waals surface area contributed by atoms with Crippen molar-refractivity contribution in [2.45, 2.75) is 84.2 Å². The Balaban J connectivity index is 1.64. The van der Waals surface area contributed by atoms with Gasteiger partial charge < -0.3 is 24.2 Å². The molecule has 1 saturated heterocycles. The Morgan fingerprint density at radius 3 is 2.40 bits per heavy atom. The van der Waals surface area contributed by atoms with Crippen LogP contribution in [0.1, 0.15) is 71.1 Å². The van der Waals surface area contributed by atoms with E-state index in [1.54, 1.807) is 12.2 Å². The van der Waals surface area contributed by atoms with Gasteiger partial charge in [-0.05, 0) is 83.7 Å². The number of aryl methyl sites for hydroxylation is 1. The highest BCUT2D eigenvalue weighted by Gasteiger charge is 2.37. The third-order valence-corrected chi connectivity index (χ3v) is 8.92. The standard InChI is InChI=1S/C40H47F2N3O5/c1-9-12-26(4)49-33-23-31(42)30(41)22-29(33)27-13-11-14-28(21-27)32-24-45-34(43-32)20-25(3)35(36(38(46)47)50-39(5,6)7)37(45)44-17-15-40(8,16-18-44)48-19-10-2/h9-11,13-14,20-24,26,36H,1-2,12,15-19H2,3-8H3,(H,46,47)/t26-,36-/m0/s1. The molecule has 0 bridgehead atoms. The van der Waals surface area contributed by atoms with Crippen LogP contribution in [0.25, 0.3) is 28.0 Å². The van der Waals surface area contributed by atoms with Crippen LogP contribution < -0.4 is 9.64 Å². The molecule has 2 atom stereocenters. The minimum Gasteiger partial charge on any atom is -0.490 e. The molecule has 1 N–H and O–H groups in total. The minimum atomic E-state index is -1.23. The molecule has 0 amide bonds. The van der Waals surface area contributed by atoms with Crippen LogP contribution in [-0.2, 0) is 14.3 Å². The molecule has 1 aliphatic heterocycles. The summed E-state index contributed by atoms with van der Waals surface area (Å²) in [6, 6.07) is 11.5. The zero-order valence-corrected chi connectivity index (χ0v) is 29.8. The Morgan fingerprint density at radius 2 is 1.76 bits per heavy atom. The number of carboxylic acids is 1. The number of fused-ring (bicyclic) bond motifs is 1. The number of pyridine rings is 1. The fourth-order valence-electron chi connectivity index (χ4n) is 6.41. The third-order valence-electron chi connectivity index (χ3n) is 8.92.